The van der Waals surface area contributed by atoms with Crippen molar-refractivity contribution in [2.75, 3.05) is 49.5 Å². The Morgan fingerprint density at radius 3 is 2.03 bits per heavy atom. The monoisotopic (exact) mass is 863 g/mol. The normalized spacial score (nSPS) is 26.7. The van der Waals surface area contributed by atoms with Crippen LogP contribution < -0.4 is 10.2 Å². The number of piperazine rings is 1. The second-order valence-corrected chi connectivity index (χ2v) is 15.8. The van der Waals surface area contributed by atoms with Gasteiger partial charge in [-0.1, -0.05) is 55.5 Å². The van der Waals surface area contributed by atoms with Crippen molar-refractivity contribution in [2.24, 2.45) is 5.92 Å². The van der Waals surface area contributed by atoms with E-state index in [0.29, 0.717) is 12.2 Å². The summed E-state index contributed by atoms with van der Waals surface area (Å²) in [6.07, 6.45) is -3.75. The number of anilines is 2. The van der Waals surface area contributed by atoms with Crippen molar-refractivity contribution < 1.29 is 57.4 Å². The Bertz CT molecular complexity index is 1990. The van der Waals surface area contributed by atoms with Crippen LogP contribution >= 0.6 is 12.2 Å². The number of hydrogen-bond donors (Lipinski definition) is 2. The van der Waals surface area contributed by atoms with Crippen molar-refractivity contribution in [3.05, 3.63) is 83.7 Å². The van der Waals surface area contributed by atoms with E-state index in [0.717, 1.165) is 55.7 Å². The Kier molecular flexibility index (Phi) is 15.7. The Morgan fingerprint density at radius 2 is 1.41 bits per heavy atom. The van der Waals surface area contributed by atoms with E-state index in [4.69, 9.17) is 45.4 Å². The highest BCUT2D eigenvalue weighted by Gasteiger charge is 2.52. The van der Waals surface area contributed by atoms with Gasteiger partial charge in [0, 0.05) is 96.4 Å². The average Bonchev–Trinajstić information content (AvgIpc) is 3.23. The lowest BCUT2D eigenvalue weighted by Gasteiger charge is -2.44. The summed E-state index contributed by atoms with van der Waals surface area (Å²) < 4.78 is 41.7. The number of ether oxygens (including phenoxy) is 7. The highest BCUT2D eigenvalue weighted by Crippen LogP contribution is 2.42. The highest BCUT2D eigenvalue weighted by molar-refractivity contribution is 7.80. The number of thiocarbonyl (C=S) groups is 1. The molecule has 0 bridgehead atoms. The van der Waals surface area contributed by atoms with Crippen LogP contribution in [0.15, 0.2) is 67.0 Å². The second-order valence-electron chi connectivity index (χ2n) is 15.3. The molecular weight excluding hydrogens is 811 g/mol. The largest absolute Gasteiger partial charge is 0.463 e. The zero-order chi connectivity index (χ0) is 43.6. The van der Waals surface area contributed by atoms with Crippen LogP contribution in [0.2, 0.25) is 0 Å². The summed E-state index contributed by atoms with van der Waals surface area (Å²) in [5.74, 6) is -2.06. The van der Waals surface area contributed by atoms with Crippen LogP contribution in [-0.2, 0) is 58.9 Å². The van der Waals surface area contributed by atoms with Gasteiger partial charge in [0.1, 0.15) is 18.8 Å². The van der Waals surface area contributed by atoms with Crippen molar-refractivity contribution in [3.8, 4) is 0 Å². The molecular formula is C43H53N5O12S. The van der Waals surface area contributed by atoms with Gasteiger partial charge in [-0.05, 0) is 29.3 Å². The van der Waals surface area contributed by atoms with Crippen LogP contribution in [0.4, 0.5) is 11.6 Å². The van der Waals surface area contributed by atoms with Crippen LogP contribution in [0.3, 0.4) is 0 Å². The zero-order valence-corrected chi connectivity index (χ0v) is 35.7. The van der Waals surface area contributed by atoms with Crippen LogP contribution in [-0.4, -0.2) is 125 Å². The molecule has 3 fully saturated rings. The predicted octanol–water partition coefficient (Wildman–Crippen LogP) is 3.84. The summed E-state index contributed by atoms with van der Waals surface area (Å²) in [6.45, 7) is 10.3. The van der Waals surface area contributed by atoms with E-state index in [1.807, 2.05) is 48.5 Å². The second kappa shape index (κ2) is 21.1. The molecule has 1 aromatic heterocycles. The molecule has 328 valence electrons. The third-order valence-electron chi connectivity index (χ3n) is 10.7. The molecule has 3 aliphatic rings. The van der Waals surface area contributed by atoms with Crippen LogP contribution in [0, 0.1) is 5.92 Å². The molecule has 0 radical (unpaired) electrons. The first-order valence-electron chi connectivity index (χ1n) is 20.2. The van der Waals surface area contributed by atoms with Gasteiger partial charge < -0.3 is 48.5 Å². The number of esters is 4. The number of aliphatic hydroxyl groups excluding tert-OH is 1. The summed E-state index contributed by atoms with van der Waals surface area (Å²) in [5.41, 5.74) is 3.11. The Hall–Kier alpha value is -5.11. The van der Waals surface area contributed by atoms with Crippen molar-refractivity contribution in [3.63, 3.8) is 0 Å². The van der Waals surface area contributed by atoms with E-state index < -0.39 is 60.7 Å². The summed E-state index contributed by atoms with van der Waals surface area (Å²) >= 11 is 5.81. The average molecular weight is 864 g/mol. The van der Waals surface area contributed by atoms with Crippen molar-refractivity contribution in [2.45, 2.75) is 96.7 Å². The van der Waals surface area contributed by atoms with Crippen molar-refractivity contribution in [1.29, 1.82) is 0 Å². The fourth-order valence-corrected chi connectivity index (χ4v) is 8.09. The molecule has 6 rings (SSSR count). The number of hydrogen-bond acceptors (Lipinski definition) is 17. The van der Waals surface area contributed by atoms with Gasteiger partial charge in [0.25, 0.3) is 0 Å². The van der Waals surface area contributed by atoms with Gasteiger partial charge in [-0.2, -0.15) is 0 Å². The summed E-state index contributed by atoms with van der Waals surface area (Å²) in [6, 6.07) is 17.0. The molecule has 61 heavy (non-hydrogen) atoms. The summed E-state index contributed by atoms with van der Waals surface area (Å²) in [5, 5.41) is 12.9. The molecule has 1 unspecified atom stereocenters. The molecule has 0 amide bonds. The number of carbonyl (C=O) groups excluding carboxylic acids is 4. The van der Waals surface area contributed by atoms with E-state index in [9.17, 15) is 24.3 Å². The molecule has 2 N–H and O–H groups in total. The number of rotatable bonds is 14. The fraction of sp³-hybridized carbons (Fsp3) is 0.512. The van der Waals surface area contributed by atoms with Gasteiger partial charge in [-0.3, -0.25) is 24.1 Å². The van der Waals surface area contributed by atoms with Crippen molar-refractivity contribution >= 4 is 52.7 Å². The minimum atomic E-state index is -1.30. The van der Waals surface area contributed by atoms with Gasteiger partial charge in [0.2, 0.25) is 5.95 Å². The quantitative estimate of drug-likeness (QED) is 0.135. The summed E-state index contributed by atoms with van der Waals surface area (Å²) in [7, 11) is 0. The smallest absolute Gasteiger partial charge is 0.303 e. The van der Waals surface area contributed by atoms with Gasteiger partial charge in [0.15, 0.2) is 24.6 Å². The maximum absolute atomic E-state index is 12.4. The lowest BCUT2D eigenvalue weighted by atomic mass is 9.90. The molecule has 2 aromatic carbocycles. The number of aliphatic hydroxyl groups is 1. The first kappa shape index (κ1) is 45.4. The number of nitrogens with zero attached hydrogens (tertiary/aromatic N) is 4. The number of benzene rings is 2. The van der Waals surface area contributed by atoms with E-state index in [1.54, 1.807) is 18.5 Å². The SMILES string of the molecule is CC(=O)OC[C@H]1O[C@@H](CC(=S)Nc2cccc(C3O[C@H](CN4CCN(c5ncccn5)CC4)[C@H](C)[C@H](c4ccc(CO)cc4)O3)c2)[C@H](OC(C)=O)[C@@H](OC(C)=O)[C@@H]1OC(C)=O. The molecule has 17 nitrogen and oxygen atoms in total. The molecule has 3 saturated heterocycles. The van der Waals surface area contributed by atoms with E-state index >= 15 is 0 Å². The van der Waals surface area contributed by atoms with E-state index in [2.05, 4.69) is 32.0 Å². The van der Waals surface area contributed by atoms with Gasteiger partial charge in [0.05, 0.1) is 23.8 Å². The number of carbonyl (C=O) groups is 4. The van der Waals surface area contributed by atoms with Crippen LogP contribution in [0.1, 0.15) is 70.1 Å². The molecule has 9 atom stereocenters. The topological polar surface area (TPSA) is 197 Å². The van der Waals surface area contributed by atoms with Gasteiger partial charge >= 0.3 is 23.9 Å². The van der Waals surface area contributed by atoms with E-state index in [-0.39, 0.29) is 42.7 Å². The standard InChI is InChI=1S/C43H53N5O12S/c1-25-35(22-47-16-18-48(19-17-47)43-44-14-7-15-45-43)59-42(60-38(25)31-12-10-30(23-49)11-13-31)32-8-6-9-33(20-32)46-37(61)21-34-39(55-27(3)51)41(57-29(5)53)40(56-28(4)52)36(58-34)24-54-26(2)50/h6-15,20,25,34-36,38-42,49H,16-19,21-24H2,1-5H3,(H,46,61)/t25-,34-,35+,36+,38+,39-,40+,41+,42?/m0/s1. The highest BCUT2D eigenvalue weighted by atomic mass is 32.1. The minimum Gasteiger partial charge on any atom is -0.463 e. The third kappa shape index (κ3) is 12.3. The Morgan fingerprint density at radius 1 is 0.770 bits per heavy atom. The molecule has 3 aliphatic heterocycles. The van der Waals surface area contributed by atoms with Crippen LogP contribution in [0.25, 0.3) is 0 Å². The van der Waals surface area contributed by atoms with Gasteiger partial charge in [-0.25, -0.2) is 9.97 Å². The molecule has 0 aliphatic carbocycles. The fourth-order valence-electron chi connectivity index (χ4n) is 7.81. The maximum Gasteiger partial charge on any atom is 0.303 e. The number of aromatic nitrogens is 2. The minimum absolute atomic E-state index is 0.0258. The zero-order valence-electron chi connectivity index (χ0n) is 34.8. The Labute approximate surface area is 359 Å². The predicted molar refractivity (Wildman–Crippen MR) is 223 cm³/mol. The molecule has 0 spiro atoms. The molecule has 0 saturated carbocycles. The molecule has 18 heteroatoms. The van der Waals surface area contributed by atoms with Crippen LogP contribution in [0.5, 0.6) is 0 Å². The maximum atomic E-state index is 12.4. The Balaban J connectivity index is 1.19. The first-order valence-corrected chi connectivity index (χ1v) is 20.6. The lowest BCUT2D eigenvalue weighted by molar-refractivity contribution is -0.276. The van der Waals surface area contributed by atoms with Crippen molar-refractivity contribution in [1.82, 2.24) is 14.9 Å². The van der Waals surface area contributed by atoms with Gasteiger partial charge in [-0.15, -0.1) is 0 Å². The number of nitrogens with one attached hydrogen (secondary N) is 1. The van der Waals surface area contributed by atoms with E-state index in [1.165, 1.54) is 20.8 Å². The first-order chi connectivity index (χ1) is 29.3. The molecule has 3 aromatic rings. The summed E-state index contributed by atoms with van der Waals surface area (Å²) in [4.78, 5) is 62.3. The molecule has 4 heterocycles. The lowest BCUT2D eigenvalue weighted by Crippen LogP contribution is -2.62. The third-order valence-corrected chi connectivity index (χ3v) is 11.0.